The van der Waals surface area contributed by atoms with Gasteiger partial charge in [-0.25, -0.2) is 0 Å². The number of halogens is 1. The van der Waals surface area contributed by atoms with E-state index in [4.69, 9.17) is 5.73 Å². The summed E-state index contributed by atoms with van der Waals surface area (Å²) in [5.41, 5.74) is 6.30. The fourth-order valence-electron chi connectivity index (χ4n) is 3.70. The lowest BCUT2D eigenvalue weighted by Crippen LogP contribution is -2.24. The number of hydrogen-bond acceptors (Lipinski definition) is 6. The summed E-state index contributed by atoms with van der Waals surface area (Å²) in [6.45, 7) is 2.82. The van der Waals surface area contributed by atoms with E-state index < -0.39 is 11.6 Å². The van der Waals surface area contributed by atoms with E-state index in [2.05, 4.69) is 28.2 Å². The van der Waals surface area contributed by atoms with E-state index in [1.807, 2.05) is 0 Å². The van der Waals surface area contributed by atoms with Crippen LogP contribution in [0.15, 0.2) is 22.7 Å². The molecule has 2 aromatic rings. The minimum Gasteiger partial charge on any atom is -0.507 e. The van der Waals surface area contributed by atoms with E-state index in [9.17, 15) is 19.8 Å². The molecule has 0 saturated carbocycles. The highest BCUT2D eigenvalue weighted by atomic mass is 79.9. The molecule has 154 valence electrons. The Morgan fingerprint density at radius 2 is 1.52 bits per heavy atom. The van der Waals surface area contributed by atoms with Crippen molar-refractivity contribution in [3.8, 4) is 11.5 Å². The quantitative estimate of drug-likeness (QED) is 0.214. The van der Waals surface area contributed by atoms with Gasteiger partial charge < -0.3 is 21.3 Å². The van der Waals surface area contributed by atoms with E-state index >= 15 is 0 Å². The number of anilines is 2. The monoisotopic (exact) mass is 460 g/mol. The van der Waals surface area contributed by atoms with Crippen LogP contribution in [0.25, 0.3) is 0 Å². The molecule has 0 saturated heterocycles. The average Bonchev–Trinajstić information content (AvgIpc) is 2.68. The third-order valence-electron chi connectivity index (χ3n) is 5.23. The molecule has 1 aliphatic carbocycles. The number of nitrogens with one attached hydrogen (secondary N) is 1. The summed E-state index contributed by atoms with van der Waals surface area (Å²) >= 11 is 3.19. The molecule has 0 aliphatic heterocycles. The maximum Gasteiger partial charge on any atom is 0.200 e. The van der Waals surface area contributed by atoms with Gasteiger partial charge >= 0.3 is 0 Å². The van der Waals surface area contributed by atoms with Crippen LogP contribution in [0.5, 0.6) is 11.5 Å². The molecular formula is C22H25BrN2O4. The second kappa shape index (κ2) is 8.86. The third kappa shape index (κ3) is 3.96. The van der Waals surface area contributed by atoms with Crippen LogP contribution in [0.1, 0.15) is 77.3 Å². The second-order valence-corrected chi connectivity index (χ2v) is 8.13. The number of ketones is 2. The maximum atomic E-state index is 13.2. The van der Waals surface area contributed by atoms with Gasteiger partial charge in [0.1, 0.15) is 11.5 Å². The summed E-state index contributed by atoms with van der Waals surface area (Å²) in [7, 11) is 0. The van der Waals surface area contributed by atoms with Crippen LogP contribution < -0.4 is 11.1 Å². The summed E-state index contributed by atoms with van der Waals surface area (Å²) in [5, 5.41) is 23.8. The van der Waals surface area contributed by atoms with Gasteiger partial charge in [-0.3, -0.25) is 9.59 Å². The number of rotatable bonds is 8. The van der Waals surface area contributed by atoms with Crippen LogP contribution >= 0.6 is 15.9 Å². The first-order valence-electron chi connectivity index (χ1n) is 9.88. The molecule has 0 unspecified atom stereocenters. The van der Waals surface area contributed by atoms with Crippen molar-refractivity contribution in [2.45, 2.75) is 45.4 Å². The van der Waals surface area contributed by atoms with Crippen molar-refractivity contribution >= 4 is 38.9 Å². The van der Waals surface area contributed by atoms with Crippen LogP contribution in [0.2, 0.25) is 0 Å². The van der Waals surface area contributed by atoms with Gasteiger partial charge in [0.05, 0.1) is 27.9 Å². The summed E-state index contributed by atoms with van der Waals surface area (Å²) in [6, 6.07) is 4.28. The smallest absolute Gasteiger partial charge is 0.200 e. The van der Waals surface area contributed by atoms with E-state index in [0.29, 0.717) is 16.7 Å². The van der Waals surface area contributed by atoms with Gasteiger partial charge in [0.15, 0.2) is 0 Å². The van der Waals surface area contributed by atoms with Crippen LogP contribution in [0, 0.1) is 0 Å². The van der Waals surface area contributed by atoms with Crippen LogP contribution in [0.3, 0.4) is 0 Å². The lowest BCUT2D eigenvalue weighted by Gasteiger charge is -2.23. The first kappa shape index (κ1) is 21.2. The highest BCUT2D eigenvalue weighted by Gasteiger charge is 2.38. The van der Waals surface area contributed by atoms with Gasteiger partial charge in [-0.15, -0.1) is 0 Å². The summed E-state index contributed by atoms with van der Waals surface area (Å²) in [5.74, 6) is -1.72. The first-order chi connectivity index (χ1) is 13.9. The Kier molecular flexibility index (Phi) is 6.47. The van der Waals surface area contributed by atoms with E-state index in [0.717, 1.165) is 19.3 Å². The number of nitrogens with two attached hydrogens (primary N) is 1. The van der Waals surface area contributed by atoms with Crippen LogP contribution in [0.4, 0.5) is 11.4 Å². The molecule has 5 N–H and O–H groups in total. The average molecular weight is 461 g/mol. The number of unbranched alkanes of at least 4 members (excludes halogenated alkanes) is 5. The number of hydrogen-bond donors (Lipinski definition) is 4. The molecule has 0 fully saturated rings. The number of nitrogen functional groups attached to an aromatic ring is 1. The van der Waals surface area contributed by atoms with Crippen molar-refractivity contribution in [2.24, 2.45) is 0 Å². The van der Waals surface area contributed by atoms with Crippen molar-refractivity contribution in [3.63, 3.8) is 0 Å². The van der Waals surface area contributed by atoms with Crippen LogP contribution in [-0.2, 0) is 0 Å². The molecule has 7 heteroatoms. The number of benzene rings is 2. The van der Waals surface area contributed by atoms with Crippen LogP contribution in [-0.4, -0.2) is 28.3 Å². The maximum absolute atomic E-state index is 13.2. The molecule has 0 aromatic heterocycles. The molecule has 0 spiro atoms. The lowest BCUT2D eigenvalue weighted by atomic mass is 9.81. The Balaban J connectivity index is 1.90. The zero-order chi connectivity index (χ0) is 21.1. The Bertz CT molecular complexity index is 972. The van der Waals surface area contributed by atoms with Crippen molar-refractivity contribution < 1.29 is 19.8 Å². The number of fused-ring (bicyclic) bond motifs is 2. The molecule has 29 heavy (non-hydrogen) atoms. The molecule has 2 aromatic carbocycles. The molecule has 0 bridgehead atoms. The van der Waals surface area contributed by atoms with Gasteiger partial charge in [0.2, 0.25) is 11.6 Å². The minimum atomic E-state index is -0.579. The largest absolute Gasteiger partial charge is 0.507 e. The summed E-state index contributed by atoms with van der Waals surface area (Å²) in [6.07, 6.45) is 6.82. The first-order valence-corrected chi connectivity index (χ1v) is 10.7. The fourth-order valence-corrected chi connectivity index (χ4v) is 4.12. The van der Waals surface area contributed by atoms with Gasteiger partial charge in [-0.05, 0) is 40.5 Å². The zero-order valence-corrected chi connectivity index (χ0v) is 17.9. The molecular weight excluding hydrogens is 436 g/mol. The van der Waals surface area contributed by atoms with Crippen molar-refractivity contribution in [3.05, 3.63) is 44.9 Å². The Hall–Kier alpha value is -2.54. The molecule has 0 radical (unpaired) electrons. The zero-order valence-electron chi connectivity index (χ0n) is 16.3. The minimum absolute atomic E-state index is 0.0617. The molecule has 0 atom stereocenters. The Labute approximate surface area is 178 Å². The van der Waals surface area contributed by atoms with E-state index in [1.165, 1.54) is 31.4 Å². The van der Waals surface area contributed by atoms with Gasteiger partial charge in [0, 0.05) is 16.7 Å². The predicted molar refractivity (Wildman–Crippen MR) is 117 cm³/mol. The Morgan fingerprint density at radius 1 is 0.897 bits per heavy atom. The molecule has 6 nitrogen and oxygen atoms in total. The molecule has 3 rings (SSSR count). The highest BCUT2D eigenvalue weighted by molar-refractivity contribution is 9.10. The number of carbonyl (C=O) groups is 2. The standard InChI is InChI=1S/C22H25BrN2O4/c1-2-3-4-5-6-7-10-25-13-8-9-14(26)17-16(13)21(28)18-15(27)11-12(23)20(24)19(18)22(17)29/h8-9,11,25-27H,2-7,10,24H2,1H3. The van der Waals surface area contributed by atoms with Crippen molar-refractivity contribution in [1.29, 1.82) is 0 Å². The third-order valence-corrected chi connectivity index (χ3v) is 5.89. The van der Waals surface area contributed by atoms with Gasteiger partial charge in [-0.1, -0.05) is 39.0 Å². The fraction of sp³-hybridized carbons (Fsp3) is 0.364. The van der Waals surface area contributed by atoms with E-state index in [1.54, 1.807) is 6.07 Å². The highest BCUT2D eigenvalue weighted by Crippen LogP contribution is 2.43. The number of carbonyl (C=O) groups excluding carboxylic acids is 2. The molecule has 0 heterocycles. The lowest BCUT2D eigenvalue weighted by molar-refractivity contribution is 0.0975. The summed E-state index contributed by atoms with van der Waals surface area (Å²) < 4.78 is 0.315. The molecule has 0 amide bonds. The SMILES string of the molecule is CCCCCCCCNc1ccc(O)c2c1C(=O)c1c(O)cc(Br)c(N)c1C2=O. The predicted octanol–water partition coefficient (Wildman–Crippen LogP) is 4.99. The second-order valence-electron chi connectivity index (χ2n) is 7.28. The van der Waals surface area contributed by atoms with Crippen molar-refractivity contribution in [2.75, 3.05) is 17.6 Å². The van der Waals surface area contributed by atoms with E-state index in [-0.39, 0.29) is 39.4 Å². The number of aromatic hydroxyl groups is 2. The summed E-state index contributed by atoms with van der Waals surface area (Å²) in [4.78, 5) is 26.3. The number of phenolic OH excluding ortho intramolecular Hbond substituents is 2. The molecule has 1 aliphatic rings. The van der Waals surface area contributed by atoms with Gasteiger partial charge in [-0.2, -0.15) is 0 Å². The van der Waals surface area contributed by atoms with Gasteiger partial charge in [0.25, 0.3) is 0 Å². The normalized spacial score (nSPS) is 12.6. The van der Waals surface area contributed by atoms with Crippen molar-refractivity contribution in [1.82, 2.24) is 0 Å². The number of phenols is 2. The topological polar surface area (TPSA) is 113 Å². The Morgan fingerprint density at radius 3 is 2.24 bits per heavy atom.